The summed E-state index contributed by atoms with van der Waals surface area (Å²) in [7, 11) is 0. The van der Waals surface area contributed by atoms with Crippen LogP contribution in [-0.4, -0.2) is 10.8 Å². The first-order valence-electron chi connectivity index (χ1n) is 3.88. The maximum atomic E-state index is 12.9. The molecule has 1 aromatic rings. The second-order valence-corrected chi connectivity index (χ2v) is 2.99. The molecule has 0 aliphatic carbocycles. The summed E-state index contributed by atoms with van der Waals surface area (Å²) in [5, 5.41) is 0. The zero-order chi connectivity index (χ0) is 10.0. The Hall–Kier alpha value is -1.32. The summed E-state index contributed by atoms with van der Waals surface area (Å²) >= 11 is 0. The number of rotatable bonds is 2. The molecule has 0 N–H and O–H groups in total. The number of nitrogens with zero attached hydrogens (tertiary/aromatic N) is 1. The molecule has 0 unspecified atom stereocenters. The van der Waals surface area contributed by atoms with Gasteiger partial charge >= 0.3 is 0 Å². The van der Waals surface area contributed by atoms with Crippen molar-refractivity contribution >= 4 is 5.78 Å². The zero-order valence-electron chi connectivity index (χ0n) is 7.34. The van der Waals surface area contributed by atoms with Gasteiger partial charge in [0.15, 0.2) is 5.78 Å². The molecule has 0 saturated carbocycles. The van der Waals surface area contributed by atoms with E-state index in [0.717, 1.165) is 12.1 Å². The Morgan fingerprint density at radius 2 is 2.00 bits per heavy atom. The first-order valence-corrected chi connectivity index (χ1v) is 3.88. The van der Waals surface area contributed by atoms with Crippen LogP contribution < -0.4 is 0 Å². The topological polar surface area (TPSA) is 30.0 Å². The average Bonchev–Trinajstić information content (AvgIpc) is 2.03. The van der Waals surface area contributed by atoms with Gasteiger partial charge in [-0.2, -0.15) is 13.8 Å². The van der Waals surface area contributed by atoms with Crippen LogP contribution in [0.3, 0.4) is 0 Å². The van der Waals surface area contributed by atoms with E-state index < -0.39 is 11.9 Å². The molecule has 13 heavy (non-hydrogen) atoms. The second kappa shape index (κ2) is 3.60. The van der Waals surface area contributed by atoms with Gasteiger partial charge in [-0.25, -0.2) is 0 Å². The molecular weight excluding hydrogens is 176 g/mol. The van der Waals surface area contributed by atoms with Crippen molar-refractivity contribution in [3.8, 4) is 0 Å². The molecule has 0 radical (unpaired) electrons. The van der Waals surface area contributed by atoms with Crippen molar-refractivity contribution in [1.82, 2.24) is 4.98 Å². The van der Waals surface area contributed by atoms with Gasteiger partial charge in [-0.3, -0.25) is 4.79 Å². The van der Waals surface area contributed by atoms with E-state index in [1.807, 2.05) is 0 Å². The molecule has 4 heteroatoms. The number of ketones is 1. The van der Waals surface area contributed by atoms with Gasteiger partial charge in [-0.15, -0.1) is 0 Å². The molecule has 0 amide bonds. The minimum atomic E-state index is -1.04. The maximum absolute atomic E-state index is 12.9. The number of aromatic nitrogens is 1. The smallest absolute Gasteiger partial charge is 0.226 e. The van der Waals surface area contributed by atoms with Crippen LogP contribution in [0.15, 0.2) is 12.1 Å². The molecule has 0 aromatic carbocycles. The van der Waals surface area contributed by atoms with E-state index in [9.17, 15) is 13.6 Å². The molecule has 0 aliphatic rings. The summed E-state index contributed by atoms with van der Waals surface area (Å²) in [4.78, 5) is 14.2. The van der Waals surface area contributed by atoms with Gasteiger partial charge in [0, 0.05) is 5.92 Å². The van der Waals surface area contributed by atoms with Gasteiger partial charge in [0.2, 0.25) is 11.9 Å². The zero-order valence-corrected chi connectivity index (χ0v) is 7.34. The summed E-state index contributed by atoms with van der Waals surface area (Å²) in [6, 6.07) is 2.08. The first kappa shape index (κ1) is 9.77. The molecule has 0 spiro atoms. The highest BCUT2D eigenvalue weighted by molar-refractivity contribution is 5.97. The molecule has 0 saturated heterocycles. The molecule has 1 rings (SSSR count). The standard InChI is InChI=1S/C9H9F2NO/c1-5(2)8(13)6-3-4-7(10)12-9(6)11/h3-5H,1-2H3. The largest absolute Gasteiger partial charge is 0.294 e. The number of hydrogen-bond donors (Lipinski definition) is 0. The summed E-state index contributed by atoms with van der Waals surface area (Å²) in [6.45, 7) is 3.29. The van der Waals surface area contributed by atoms with Gasteiger partial charge < -0.3 is 0 Å². The Balaban J connectivity index is 3.09. The van der Waals surface area contributed by atoms with Crippen LogP contribution in [0, 0.1) is 17.8 Å². The van der Waals surface area contributed by atoms with Crippen molar-refractivity contribution in [3.63, 3.8) is 0 Å². The number of carbonyl (C=O) groups excluding carboxylic acids is 1. The molecule has 0 atom stereocenters. The number of halogens is 2. The van der Waals surface area contributed by atoms with E-state index in [2.05, 4.69) is 4.98 Å². The SMILES string of the molecule is CC(C)C(=O)c1ccc(F)nc1F. The number of carbonyl (C=O) groups is 1. The Morgan fingerprint density at radius 1 is 1.38 bits per heavy atom. The van der Waals surface area contributed by atoms with Crippen LogP contribution in [0.4, 0.5) is 8.78 Å². The minimum absolute atomic E-state index is 0.156. The lowest BCUT2D eigenvalue weighted by molar-refractivity contribution is 0.0934. The van der Waals surface area contributed by atoms with Crippen LogP contribution in [-0.2, 0) is 0 Å². The van der Waals surface area contributed by atoms with Crippen molar-refractivity contribution in [1.29, 1.82) is 0 Å². The molecule has 0 aliphatic heterocycles. The highest BCUT2D eigenvalue weighted by atomic mass is 19.1. The Kier molecular flexibility index (Phi) is 2.70. The summed E-state index contributed by atoms with van der Waals surface area (Å²) in [5.74, 6) is -2.65. The van der Waals surface area contributed by atoms with Crippen LogP contribution in [0.25, 0.3) is 0 Å². The van der Waals surface area contributed by atoms with Gasteiger partial charge in [-0.05, 0) is 12.1 Å². The van der Waals surface area contributed by atoms with E-state index in [4.69, 9.17) is 0 Å². The van der Waals surface area contributed by atoms with Crippen molar-refractivity contribution in [2.24, 2.45) is 5.92 Å². The van der Waals surface area contributed by atoms with Crippen molar-refractivity contribution < 1.29 is 13.6 Å². The average molecular weight is 185 g/mol. The minimum Gasteiger partial charge on any atom is -0.294 e. The van der Waals surface area contributed by atoms with E-state index in [1.165, 1.54) is 0 Å². The van der Waals surface area contributed by atoms with Gasteiger partial charge in [0.1, 0.15) is 0 Å². The Labute approximate surface area is 74.6 Å². The Bertz CT molecular complexity index is 336. The predicted molar refractivity (Wildman–Crippen MR) is 43.3 cm³/mol. The number of pyridine rings is 1. The van der Waals surface area contributed by atoms with Crippen molar-refractivity contribution in [2.75, 3.05) is 0 Å². The van der Waals surface area contributed by atoms with E-state index in [0.29, 0.717) is 0 Å². The van der Waals surface area contributed by atoms with Crippen molar-refractivity contribution in [3.05, 3.63) is 29.6 Å². The second-order valence-electron chi connectivity index (χ2n) is 2.99. The lowest BCUT2D eigenvalue weighted by Gasteiger charge is -2.03. The highest BCUT2D eigenvalue weighted by Gasteiger charge is 2.16. The molecule has 70 valence electrons. The Morgan fingerprint density at radius 3 is 2.46 bits per heavy atom. The normalized spacial score (nSPS) is 10.5. The number of hydrogen-bond acceptors (Lipinski definition) is 2. The number of Topliss-reactive ketones (excluding diaryl/α,β-unsaturated/α-hetero) is 1. The molecule has 1 aromatic heterocycles. The predicted octanol–water partition coefficient (Wildman–Crippen LogP) is 2.20. The van der Waals surface area contributed by atoms with E-state index in [-0.39, 0.29) is 17.3 Å². The molecule has 1 heterocycles. The highest BCUT2D eigenvalue weighted by Crippen LogP contribution is 2.11. The lowest BCUT2D eigenvalue weighted by Crippen LogP contribution is -2.11. The summed E-state index contributed by atoms with van der Waals surface area (Å²) < 4.78 is 25.2. The maximum Gasteiger partial charge on any atom is 0.226 e. The fourth-order valence-electron chi connectivity index (χ4n) is 0.907. The third kappa shape index (κ3) is 2.08. The van der Waals surface area contributed by atoms with Crippen LogP contribution in [0.2, 0.25) is 0 Å². The fraction of sp³-hybridized carbons (Fsp3) is 0.333. The van der Waals surface area contributed by atoms with E-state index >= 15 is 0 Å². The van der Waals surface area contributed by atoms with Crippen LogP contribution >= 0.6 is 0 Å². The molecule has 0 bridgehead atoms. The van der Waals surface area contributed by atoms with Gasteiger partial charge in [-0.1, -0.05) is 13.8 Å². The van der Waals surface area contributed by atoms with Gasteiger partial charge in [0.05, 0.1) is 5.56 Å². The quantitative estimate of drug-likeness (QED) is 0.522. The third-order valence-corrected chi connectivity index (χ3v) is 1.60. The van der Waals surface area contributed by atoms with Gasteiger partial charge in [0.25, 0.3) is 0 Å². The lowest BCUT2D eigenvalue weighted by atomic mass is 10.0. The molecule has 0 fully saturated rings. The first-order chi connectivity index (χ1) is 6.02. The molecule has 2 nitrogen and oxygen atoms in total. The monoisotopic (exact) mass is 185 g/mol. The van der Waals surface area contributed by atoms with Crippen LogP contribution in [0.5, 0.6) is 0 Å². The summed E-state index contributed by atoms with van der Waals surface area (Å²) in [6.07, 6.45) is 0. The van der Waals surface area contributed by atoms with E-state index in [1.54, 1.807) is 13.8 Å². The fourth-order valence-corrected chi connectivity index (χ4v) is 0.907. The van der Waals surface area contributed by atoms with Crippen LogP contribution in [0.1, 0.15) is 24.2 Å². The molecular formula is C9H9F2NO. The summed E-state index contributed by atoms with van der Waals surface area (Å²) in [5.41, 5.74) is -0.156. The third-order valence-electron chi connectivity index (χ3n) is 1.60. The van der Waals surface area contributed by atoms with Crippen molar-refractivity contribution in [2.45, 2.75) is 13.8 Å².